The second-order valence-electron chi connectivity index (χ2n) is 5.01. The fraction of sp³-hybridized carbons (Fsp3) is 0.909. The third-order valence-electron chi connectivity index (χ3n) is 3.58. The molecule has 2 rings (SSSR count). The molecular formula is C11H19NOS. The average molecular weight is 213 g/mol. The van der Waals surface area contributed by atoms with Crippen LogP contribution in [-0.2, 0) is 4.79 Å². The van der Waals surface area contributed by atoms with Gasteiger partial charge in [-0.05, 0) is 31.1 Å². The number of carbonyl (C=O) groups is 1. The van der Waals surface area contributed by atoms with Crippen LogP contribution in [0, 0.1) is 11.8 Å². The van der Waals surface area contributed by atoms with Crippen LogP contribution in [0.15, 0.2) is 0 Å². The van der Waals surface area contributed by atoms with Crippen LogP contribution in [0.3, 0.4) is 0 Å². The number of thiol groups is 1. The molecule has 1 aliphatic heterocycles. The van der Waals surface area contributed by atoms with Gasteiger partial charge in [0.25, 0.3) is 0 Å². The largest absolute Gasteiger partial charge is 0.338 e. The van der Waals surface area contributed by atoms with Crippen LogP contribution in [0.25, 0.3) is 0 Å². The van der Waals surface area contributed by atoms with Gasteiger partial charge in [0.1, 0.15) is 0 Å². The standard InChI is InChI=1S/C11H19NOS/c1-7(2)10(14)11(13)12-6-8-3-4-9(12)5-8/h7-10,14H,3-6H2,1-2H3. The highest BCUT2D eigenvalue weighted by Crippen LogP contribution is 2.38. The Balaban J connectivity index is 1.99. The third kappa shape index (κ3) is 1.67. The molecule has 1 saturated heterocycles. The van der Waals surface area contributed by atoms with E-state index in [0.29, 0.717) is 12.0 Å². The van der Waals surface area contributed by atoms with Gasteiger partial charge in [-0.3, -0.25) is 4.79 Å². The highest BCUT2D eigenvalue weighted by Gasteiger charge is 2.41. The van der Waals surface area contributed by atoms with Crippen molar-refractivity contribution in [2.75, 3.05) is 6.54 Å². The number of nitrogens with zero attached hydrogens (tertiary/aromatic N) is 1. The van der Waals surface area contributed by atoms with E-state index >= 15 is 0 Å². The lowest BCUT2D eigenvalue weighted by molar-refractivity contribution is -0.132. The van der Waals surface area contributed by atoms with Crippen molar-refractivity contribution >= 4 is 18.5 Å². The van der Waals surface area contributed by atoms with Crippen LogP contribution in [0.4, 0.5) is 0 Å². The highest BCUT2D eigenvalue weighted by molar-refractivity contribution is 7.81. The van der Waals surface area contributed by atoms with E-state index in [1.165, 1.54) is 19.3 Å². The van der Waals surface area contributed by atoms with E-state index in [4.69, 9.17) is 0 Å². The Bertz CT molecular complexity index is 241. The van der Waals surface area contributed by atoms with E-state index in [9.17, 15) is 4.79 Å². The summed E-state index contributed by atoms with van der Waals surface area (Å²) in [5.74, 6) is 1.39. The van der Waals surface area contributed by atoms with Crippen molar-refractivity contribution < 1.29 is 4.79 Å². The summed E-state index contributed by atoms with van der Waals surface area (Å²) in [4.78, 5) is 14.1. The summed E-state index contributed by atoms with van der Waals surface area (Å²) < 4.78 is 0. The zero-order valence-corrected chi connectivity index (χ0v) is 9.83. The van der Waals surface area contributed by atoms with E-state index in [1.54, 1.807) is 0 Å². The zero-order chi connectivity index (χ0) is 10.3. The number of amides is 1. The molecule has 1 amide bonds. The van der Waals surface area contributed by atoms with Gasteiger partial charge < -0.3 is 4.90 Å². The first-order valence-corrected chi connectivity index (χ1v) is 6.09. The lowest BCUT2D eigenvalue weighted by Crippen LogP contribution is -2.43. The van der Waals surface area contributed by atoms with Gasteiger partial charge in [-0.2, -0.15) is 12.6 Å². The van der Waals surface area contributed by atoms with E-state index in [1.807, 2.05) is 0 Å². The summed E-state index contributed by atoms with van der Waals surface area (Å²) >= 11 is 4.40. The Morgan fingerprint density at radius 2 is 2.14 bits per heavy atom. The number of likely N-dealkylation sites (tertiary alicyclic amines) is 1. The van der Waals surface area contributed by atoms with Crippen LogP contribution >= 0.6 is 12.6 Å². The van der Waals surface area contributed by atoms with Crippen LogP contribution < -0.4 is 0 Å². The fourth-order valence-corrected chi connectivity index (χ4v) is 2.80. The maximum Gasteiger partial charge on any atom is 0.235 e. The highest BCUT2D eigenvalue weighted by atomic mass is 32.1. The molecule has 3 atom stereocenters. The Kier molecular flexibility index (Phi) is 2.78. The first-order chi connectivity index (χ1) is 6.59. The molecule has 1 heterocycles. The molecule has 2 nitrogen and oxygen atoms in total. The minimum atomic E-state index is -0.102. The molecule has 80 valence electrons. The second kappa shape index (κ2) is 3.76. The normalized spacial score (nSPS) is 32.7. The molecule has 0 aromatic carbocycles. The van der Waals surface area contributed by atoms with Crippen molar-refractivity contribution in [1.29, 1.82) is 0 Å². The molecule has 0 spiro atoms. The van der Waals surface area contributed by atoms with Gasteiger partial charge in [0, 0.05) is 12.6 Å². The number of fused-ring (bicyclic) bond motifs is 2. The van der Waals surface area contributed by atoms with Gasteiger partial charge in [-0.25, -0.2) is 0 Å². The molecule has 0 N–H and O–H groups in total. The monoisotopic (exact) mass is 213 g/mol. The molecule has 3 heteroatoms. The first kappa shape index (κ1) is 10.3. The van der Waals surface area contributed by atoms with Crippen molar-refractivity contribution in [2.45, 2.75) is 44.4 Å². The number of hydrogen-bond donors (Lipinski definition) is 1. The SMILES string of the molecule is CC(C)C(S)C(=O)N1CC2CCC1C2. The summed E-state index contributed by atoms with van der Waals surface area (Å²) in [6.45, 7) is 5.11. The summed E-state index contributed by atoms with van der Waals surface area (Å²) in [6.07, 6.45) is 3.78. The molecule has 0 aromatic rings. The van der Waals surface area contributed by atoms with E-state index in [2.05, 4.69) is 31.4 Å². The van der Waals surface area contributed by atoms with Crippen LogP contribution in [0.1, 0.15) is 33.1 Å². The molecule has 3 unspecified atom stereocenters. The summed E-state index contributed by atoms with van der Waals surface area (Å²) in [7, 11) is 0. The first-order valence-electron chi connectivity index (χ1n) is 5.58. The third-order valence-corrected chi connectivity index (χ3v) is 4.39. The lowest BCUT2D eigenvalue weighted by Gasteiger charge is -2.30. The van der Waals surface area contributed by atoms with Crippen molar-refractivity contribution in [3.8, 4) is 0 Å². The van der Waals surface area contributed by atoms with Gasteiger partial charge in [0.15, 0.2) is 0 Å². The van der Waals surface area contributed by atoms with E-state index < -0.39 is 0 Å². The molecule has 0 aromatic heterocycles. The molecule has 1 saturated carbocycles. The van der Waals surface area contributed by atoms with Crippen LogP contribution in [0.5, 0.6) is 0 Å². The molecule has 0 radical (unpaired) electrons. The topological polar surface area (TPSA) is 20.3 Å². The maximum atomic E-state index is 12.0. The molecule has 2 bridgehead atoms. The Labute approximate surface area is 91.5 Å². The fourth-order valence-electron chi connectivity index (χ4n) is 2.65. The van der Waals surface area contributed by atoms with Crippen molar-refractivity contribution in [1.82, 2.24) is 4.90 Å². The van der Waals surface area contributed by atoms with Gasteiger partial charge in [0.05, 0.1) is 5.25 Å². The summed E-state index contributed by atoms with van der Waals surface area (Å²) in [5.41, 5.74) is 0. The Morgan fingerprint density at radius 1 is 1.43 bits per heavy atom. The number of carbonyl (C=O) groups excluding carboxylic acids is 1. The molecule has 2 aliphatic rings. The van der Waals surface area contributed by atoms with Gasteiger partial charge in [-0.15, -0.1) is 0 Å². The predicted octanol–water partition coefficient (Wildman–Crippen LogP) is 1.95. The predicted molar refractivity (Wildman–Crippen MR) is 60.5 cm³/mol. The summed E-state index contributed by atoms with van der Waals surface area (Å²) in [5, 5.41) is -0.102. The van der Waals surface area contributed by atoms with E-state index in [-0.39, 0.29) is 11.2 Å². The van der Waals surface area contributed by atoms with Crippen molar-refractivity contribution in [3.05, 3.63) is 0 Å². The Hall–Kier alpha value is -0.180. The molecule has 14 heavy (non-hydrogen) atoms. The average Bonchev–Trinajstić information content (AvgIpc) is 2.76. The van der Waals surface area contributed by atoms with Gasteiger partial charge >= 0.3 is 0 Å². The van der Waals surface area contributed by atoms with Crippen molar-refractivity contribution in [2.24, 2.45) is 11.8 Å². The van der Waals surface area contributed by atoms with Crippen LogP contribution in [-0.4, -0.2) is 28.6 Å². The van der Waals surface area contributed by atoms with Gasteiger partial charge in [0.2, 0.25) is 5.91 Å². The van der Waals surface area contributed by atoms with Crippen LogP contribution in [0.2, 0.25) is 0 Å². The number of rotatable bonds is 2. The number of piperidine rings is 1. The minimum absolute atomic E-state index is 0.102. The zero-order valence-electron chi connectivity index (χ0n) is 8.94. The quantitative estimate of drug-likeness (QED) is 0.695. The van der Waals surface area contributed by atoms with E-state index in [0.717, 1.165) is 12.5 Å². The van der Waals surface area contributed by atoms with Crippen molar-refractivity contribution in [3.63, 3.8) is 0 Å². The maximum absolute atomic E-state index is 12.0. The molecular weight excluding hydrogens is 194 g/mol. The van der Waals surface area contributed by atoms with Gasteiger partial charge in [-0.1, -0.05) is 13.8 Å². The second-order valence-corrected chi connectivity index (χ2v) is 5.57. The lowest BCUT2D eigenvalue weighted by atomic mass is 10.1. The minimum Gasteiger partial charge on any atom is -0.338 e. The molecule has 2 fully saturated rings. The summed E-state index contributed by atoms with van der Waals surface area (Å²) in [6, 6.07) is 0.542. The molecule has 1 aliphatic carbocycles. The smallest absolute Gasteiger partial charge is 0.235 e. The number of hydrogen-bond acceptors (Lipinski definition) is 2. The Morgan fingerprint density at radius 3 is 2.57 bits per heavy atom.